The van der Waals surface area contributed by atoms with Crippen molar-refractivity contribution in [2.45, 2.75) is 12.8 Å². The molecule has 190 valence electrons. The third-order valence-electron chi connectivity index (χ3n) is 8.40. The third-order valence-corrected chi connectivity index (χ3v) is 8.40. The van der Waals surface area contributed by atoms with Gasteiger partial charge in [-0.1, -0.05) is 104 Å². The standard InChI is InChI=1S/C37H27N3/c1-23(40-34-19-8-5-13-26(34)27-14-6-9-20-35(27)40)39-33-18-7-4-15-32(33)37(38)31-22-21-30-25-12-3-2-11-24(25)28-16-10-17-29(31)36(28)30/h2-5,7-13,15-22H,1,6,14,38H2/b37-32-,39-33?. The van der Waals surface area contributed by atoms with E-state index in [1.54, 1.807) is 0 Å². The van der Waals surface area contributed by atoms with Gasteiger partial charge in [0.25, 0.3) is 0 Å². The summed E-state index contributed by atoms with van der Waals surface area (Å²) < 4.78 is 2.18. The maximum absolute atomic E-state index is 7.01. The fourth-order valence-electron chi connectivity index (χ4n) is 6.64. The minimum absolute atomic E-state index is 0.681. The zero-order valence-electron chi connectivity index (χ0n) is 22.1. The van der Waals surface area contributed by atoms with Gasteiger partial charge in [-0.05, 0) is 69.6 Å². The molecule has 0 unspecified atom stereocenters. The lowest BCUT2D eigenvalue weighted by atomic mass is 9.93. The molecule has 4 aromatic carbocycles. The fourth-order valence-corrected chi connectivity index (χ4v) is 6.64. The van der Waals surface area contributed by atoms with Crippen molar-refractivity contribution in [3.63, 3.8) is 0 Å². The van der Waals surface area contributed by atoms with E-state index in [1.807, 2.05) is 18.2 Å². The molecule has 1 heterocycles. The monoisotopic (exact) mass is 513 g/mol. The molecule has 0 saturated carbocycles. The van der Waals surface area contributed by atoms with E-state index in [4.69, 9.17) is 10.7 Å². The first-order chi connectivity index (χ1) is 19.7. The first-order valence-corrected chi connectivity index (χ1v) is 13.8. The van der Waals surface area contributed by atoms with Gasteiger partial charge in [-0.25, -0.2) is 4.99 Å². The summed E-state index contributed by atoms with van der Waals surface area (Å²) in [6.45, 7) is 4.44. The molecule has 3 nitrogen and oxygen atoms in total. The van der Waals surface area contributed by atoms with Crippen molar-refractivity contribution >= 4 is 45.0 Å². The highest BCUT2D eigenvalue weighted by atomic mass is 15.1. The second-order valence-electron chi connectivity index (χ2n) is 10.6. The van der Waals surface area contributed by atoms with Crippen LogP contribution in [-0.2, 0) is 6.42 Å². The second kappa shape index (κ2) is 8.69. The van der Waals surface area contributed by atoms with Crippen LogP contribution in [0.3, 0.4) is 0 Å². The summed E-state index contributed by atoms with van der Waals surface area (Å²) in [5.74, 6) is 0.681. The van der Waals surface area contributed by atoms with Crippen LogP contribution in [0, 0.1) is 0 Å². The lowest BCUT2D eigenvalue weighted by Gasteiger charge is -2.16. The molecular weight excluding hydrogens is 486 g/mol. The van der Waals surface area contributed by atoms with Gasteiger partial charge < -0.3 is 5.73 Å². The largest absolute Gasteiger partial charge is 0.398 e. The number of para-hydroxylation sites is 1. The van der Waals surface area contributed by atoms with Crippen LogP contribution < -0.4 is 5.73 Å². The van der Waals surface area contributed by atoms with E-state index in [2.05, 4.69) is 108 Å². The average molecular weight is 514 g/mol. The van der Waals surface area contributed by atoms with Crippen molar-refractivity contribution < 1.29 is 0 Å². The van der Waals surface area contributed by atoms with Gasteiger partial charge in [0.2, 0.25) is 0 Å². The van der Waals surface area contributed by atoms with E-state index in [0.717, 1.165) is 40.6 Å². The van der Waals surface area contributed by atoms with Gasteiger partial charge in [-0.3, -0.25) is 4.57 Å². The second-order valence-corrected chi connectivity index (χ2v) is 10.6. The van der Waals surface area contributed by atoms with E-state index in [0.29, 0.717) is 11.5 Å². The smallest absolute Gasteiger partial charge is 0.131 e. The number of nitrogens with two attached hydrogens (primary N) is 1. The number of aryl methyl sites for hydroxylation is 1. The Hall–Kier alpha value is -5.15. The predicted molar refractivity (Wildman–Crippen MR) is 170 cm³/mol. The number of nitrogens with zero attached hydrogens (tertiary/aromatic N) is 2. The third kappa shape index (κ3) is 3.21. The molecule has 8 rings (SSSR count). The molecular formula is C37H27N3. The first kappa shape index (κ1) is 22.8. The summed E-state index contributed by atoms with van der Waals surface area (Å²) in [6, 6.07) is 28.0. The maximum Gasteiger partial charge on any atom is 0.131 e. The lowest BCUT2D eigenvalue weighted by Crippen LogP contribution is -2.11. The SMILES string of the molecule is C=C(N=C1C=CC=C/C1=C(/N)c1ccc2c3c(cccc13)-c1ccccc1-2)n1c2c(c3ccccc31)CCC=C2. The average Bonchev–Trinajstić information content (AvgIpc) is 3.52. The van der Waals surface area contributed by atoms with Gasteiger partial charge in [0, 0.05) is 22.2 Å². The molecule has 3 aliphatic carbocycles. The van der Waals surface area contributed by atoms with Gasteiger partial charge in [-0.15, -0.1) is 0 Å². The van der Waals surface area contributed by atoms with E-state index < -0.39 is 0 Å². The highest BCUT2D eigenvalue weighted by molar-refractivity contribution is 6.21. The molecule has 0 bridgehead atoms. The summed E-state index contributed by atoms with van der Waals surface area (Å²) >= 11 is 0. The molecule has 3 aliphatic rings. The van der Waals surface area contributed by atoms with Crippen LogP contribution in [0.4, 0.5) is 0 Å². The summed E-state index contributed by atoms with van der Waals surface area (Å²) in [4.78, 5) is 5.10. The van der Waals surface area contributed by atoms with Gasteiger partial charge in [-0.2, -0.15) is 0 Å². The van der Waals surface area contributed by atoms with Crippen molar-refractivity contribution in [2.75, 3.05) is 0 Å². The lowest BCUT2D eigenvalue weighted by molar-refractivity contribution is 0.970. The molecule has 0 saturated heterocycles. The zero-order chi connectivity index (χ0) is 26.8. The first-order valence-electron chi connectivity index (χ1n) is 13.8. The number of allylic oxidation sites excluding steroid dienone is 6. The number of aromatic nitrogens is 1. The van der Waals surface area contributed by atoms with Gasteiger partial charge >= 0.3 is 0 Å². The number of hydrogen-bond acceptors (Lipinski definition) is 2. The Bertz CT molecular complexity index is 2040. The summed E-state index contributed by atoms with van der Waals surface area (Å²) in [5.41, 5.74) is 19.2. The van der Waals surface area contributed by atoms with Gasteiger partial charge in [0.15, 0.2) is 0 Å². The molecule has 0 atom stereocenters. The summed E-state index contributed by atoms with van der Waals surface area (Å²) in [5, 5.41) is 3.69. The Morgan fingerprint density at radius 2 is 1.48 bits per heavy atom. The Morgan fingerprint density at radius 1 is 0.750 bits per heavy atom. The summed E-state index contributed by atoms with van der Waals surface area (Å²) in [7, 11) is 0. The number of aliphatic imine (C=N–C) groups is 1. The maximum atomic E-state index is 7.01. The van der Waals surface area contributed by atoms with Crippen LogP contribution in [0.5, 0.6) is 0 Å². The minimum atomic E-state index is 0.681. The molecule has 2 N–H and O–H groups in total. The quantitative estimate of drug-likeness (QED) is 0.252. The van der Waals surface area contributed by atoms with Crippen molar-refractivity contribution in [1.29, 1.82) is 0 Å². The molecule has 0 aliphatic heterocycles. The van der Waals surface area contributed by atoms with Crippen molar-refractivity contribution in [1.82, 2.24) is 4.57 Å². The predicted octanol–water partition coefficient (Wildman–Crippen LogP) is 8.77. The molecule has 5 aromatic rings. The van der Waals surface area contributed by atoms with Crippen molar-refractivity contribution in [2.24, 2.45) is 10.7 Å². The molecule has 1 aromatic heterocycles. The number of benzene rings is 4. The van der Waals surface area contributed by atoms with Gasteiger partial charge in [0.1, 0.15) is 5.82 Å². The Kier molecular flexibility index (Phi) is 4.95. The minimum Gasteiger partial charge on any atom is -0.398 e. The van der Waals surface area contributed by atoms with Crippen LogP contribution in [0.2, 0.25) is 0 Å². The number of fused-ring (bicyclic) bond motifs is 6. The highest BCUT2D eigenvalue weighted by Crippen LogP contribution is 2.48. The Labute approximate surface area is 233 Å². The molecule has 3 heteroatoms. The Morgan fingerprint density at radius 3 is 2.35 bits per heavy atom. The molecule has 0 radical (unpaired) electrons. The summed E-state index contributed by atoms with van der Waals surface area (Å²) in [6.07, 6.45) is 14.6. The molecule has 0 fully saturated rings. The van der Waals surface area contributed by atoms with Crippen molar-refractivity contribution in [3.05, 3.63) is 138 Å². The van der Waals surface area contributed by atoms with Gasteiger partial charge in [0.05, 0.1) is 16.9 Å². The van der Waals surface area contributed by atoms with Crippen molar-refractivity contribution in [3.8, 4) is 22.3 Å². The molecule has 0 amide bonds. The normalized spacial score (nSPS) is 17.1. The van der Waals surface area contributed by atoms with Crippen LogP contribution in [-0.4, -0.2) is 10.3 Å². The highest BCUT2D eigenvalue weighted by Gasteiger charge is 2.24. The van der Waals surface area contributed by atoms with E-state index in [9.17, 15) is 0 Å². The van der Waals surface area contributed by atoms with Crippen LogP contribution in [0.1, 0.15) is 23.2 Å². The van der Waals surface area contributed by atoms with Crippen LogP contribution in [0.25, 0.3) is 61.5 Å². The fraction of sp³-hybridized carbons (Fsp3) is 0.0541. The molecule has 40 heavy (non-hydrogen) atoms. The van der Waals surface area contributed by atoms with E-state index in [-0.39, 0.29) is 0 Å². The van der Waals surface area contributed by atoms with E-state index in [1.165, 1.54) is 44.3 Å². The number of rotatable bonds is 3. The van der Waals surface area contributed by atoms with E-state index >= 15 is 0 Å². The Balaban J connectivity index is 1.28. The number of hydrogen-bond donors (Lipinski definition) is 1. The molecule has 0 spiro atoms. The van der Waals surface area contributed by atoms with Crippen LogP contribution >= 0.6 is 0 Å². The zero-order valence-corrected chi connectivity index (χ0v) is 22.1. The topological polar surface area (TPSA) is 43.3 Å². The van der Waals surface area contributed by atoms with Crippen LogP contribution in [0.15, 0.2) is 126 Å².